The van der Waals surface area contributed by atoms with E-state index in [4.69, 9.17) is 4.74 Å². The number of piperazine rings is 1. The van der Waals surface area contributed by atoms with Gasteiger partial charge < -0.3 is 19.9 Å². The Balaban J connectivity index is 1.89. The second-order valence-corrected chi connectivity index (χ2v) is 4.82. The highest BCUT2D eigenvalue weighted by atomic mass is 16.5. The number of benzene rings is 1. The van der Waals surface area contributed by atoms with E-state index in [1.807, 2.05) is 13.0 Å². The number of carbonyl (C=O) groups is 1. The molecule has 1 aromatic rings. The highest BCUT2D eigenvalue weighted by molar-refractivity contribution is 5.98. The second kappa shape index (κ2) is 5.09. The quantitative estimate of drug-likeness (QED) is 0.857. The Morgan fingerprint density at radius 2 is 2.11 bits per heavy atom. The molecule has 5 heteroatoms. The first-order valence-corrected chi connectivity index (χ1v) is 6.82. The number of ether oxygens (including phenoxy) is 1. The molecule has 2 heterocycles. The third kappa shape index (κ3) is 2.26. The predicted molar refractivity (Wildman–Crippen MR) is 75.0 cm³/mol. The molecule has 0 aliphatic carbocycles. The van der Waals surface area contributed by atoms with Crippen molar-refractivity contribution in [1.82, 2.24) is 5.32 Å². The van der Waals surface area contributed by atoms with Crippen molar-refractivity contribution in [1.29, 1.82) is 0 Å². The molecule has 1 N–H and O–H groups in total. The first-order chi connectivity index (χ1) is 9.29. The standard InChI is InChI=1S/C14H19N3O2/c1-2-17-12-4-3-11(16-7-5-15-6-8-16)9-13(12)19-10-14(17)18/h3-4,9,15H,2,5-8,10H2,1H3. The summed E-state index contributed by atoms with van der Waals surface area (Å²) < 4.78 is 5.57. The lowest BCUT2D eigenvalue weighted by molar-refractivity contribution is -0.121. The number of likely N-dealkylation sites (N-methyl/N-ethyl adjacent to an activating group) is 1. The lowest BCUT2D eigenvalue weighted by atomic mass is 10.2. The first kappa shape index (κ1) is 12.3. The summed E-state index contributed by atoms with van der Waals surface area (Å²) in [4.78, 5) is 15.9. The van der Waals surface area contributed by atoms with Crippen LogP contribution in [0.1, 0.15) is 6.92 Å². The van der Waals surface area contributed by atoms with E-state index in [1.165, 1.54) is 5.69 Å². The van der Waals surface area contributed by atoms with Crippen LogP contribution in [-0.2, 0) is 4.79 Å². The normalized spacial score (nSPS) is 19.1. The Hall–Kier alpha value is -1.75. The SMILES string of the molecule is CCN1C(=O)COc2cc(N3CCNCC3)ccc21. The van der Waals surface area contributed by atoms with Gasteiger partial charge in [0.15, 0.2) is 6.61 Å². The Morgan fingerprint density at radius 1 is 1.32 bits per heavy atom. The Labute approximate surface area is 113 Å². The summed E-state index contributed by atoms with van der Waals surface area (Å²) in [7, 11) is 0. The van der Waals surface area contributed by atoms with Gasteiger partial charge in [0, 0.05) is 44.5 Å². The fraction of sp³-hybridized carbons (Fsp3) is 0.500. The van der Waals surface area contributed by atoms with Crippen LogP contribution in [-0.4, -0.2) is 45.2 Å². The number of anilines is 2. The van der Waals surface area contributed by atoms with E-state index in [-0.39, 0.29) is 12.5 Å². The topological polar surface area (TPSA) is 44.8 Å². The molecule has 102 valence electrons. The molecule has 1 fully saturated rings. The Bertz CT molecular complexity index is 484. The van der Waals surface area contributed by atoms with Crippen LogP contribution in [0, 0.1) is 0 Å². The van der Waals surface area contributed by atoms with E-state index >= 15 is 0 Å². The molecule has 0 atom stereocenters. The van der Waals surface area contributed by atoms with Crippen LogP contribution in [0.25, 0.3) is 0 Å². The molecule has 19 heavy (non-hydrogen) atoms. The van der Waals surface area contributed by atoms with Crippen molar-refractivity contribution in [2.24, 2.45) is 0 Å². The van der Waals surface area contributed by atoms with Crippen molar-refractivity contribution >= 4 is 17.3 Å². The van der Waals surface area contributed by atoms with Crippen molar-refractivity contribution in [2.75, 3.05) is 49.1 Å². The van der Waals surface area contributed by atoms with E-state index in [1.54, 1.807) is 4.90 Å². The summed E-state index contributed by atoms with van der Waals surface area (Å²) in [6, 6.07) is 6.12. The summed E-state index contributed by atoms with van der Waals surface area (Å²) in [5.41, 5.74) is 2.06. The maximum Gasteiger partial charge on any atom is 0.265 e. The number of fused-ring (bicyclic) bond motifs is 1. The van der Waals surface area contributed by atoms with Gasteiger partial charge in [-0.3, -0.25) is 4.79 Å². The van der Waals surface area contributed by atoms with Crippen LogP contribution >= 0.6 is 0 Å². The number of carbonyl (C=O) groups excluding carboxylic acids is 1. The van der Waals surface area contributed by atoms with Crippen LogP contribution in [0.5, 0.6) is 5.75 Å². The van der Waals surface area contributed by atoms with Crippen molar-refractivity contribution < 1.29 is 9.53 Å². The fourth-order valence-corrected chi connectivity index (χ4v) is 2.66. The minimum absolute atomic E-state index is 0.0323. The highest BCUT2D eigenvalue weighted by Crippen LogP contribution is 2.35. The van der Waals surface area contributed by atoms with Crippen LogP contribution in [0.3, 0.4) is 0 Å². The van der Waals surface area contributed by atoms with Gasteiger partial charge >= 0.3 is 0 Å². The summed E-state index contributed by atoms with van der Waals surface area (Å²) in [6.07, 6.45) is 0. The monoisotopic (exact) mass is 261 g/mol. The van der Waals surface area contributed by atoms with Crippen molar-refractivity contribution in [2.45, 2.75) is 6.92 Å². The third-order valence-electron chi connectivity index (χ3n) is 3.68. The molecule has 0 radical (unpaired) electrons. The van der Waals surface area contributed by atoms with Gasteiger partial charge in [0.1, 0.15) is 5.75 Å². The van der Waals surface area contributed by atoms with Crippen molar-refractivity contribution in [3.05, 3.63) is 18.2 Å². The van der Waals surface area contributed by atoms with E-state index in [2.05, 4.69) is 22.3 Å². The number of hydrogen-bond acceptors (Lipinski definition) is 4. The average molecular weight is 261 g/mol. The Kier molecular flexibility index (Phi) is 3.29. The van der Waals surface area contributed by atoms with Crippen molar-refractivity contribution in [3.63, 3.8) is 0 Å². The molecule has 1 aromatic carbocycles. The lowest BCUT2D eigenvalue weighted by Crippen LogP contribution is -2.43. The maximum absolute atomic E-state index is 11.8. The minimum Gasteiger partial charge on any atom is -0.481 e. The van der Waals surface area contributed by atoms with Gasteiger partial charge in [-0.2, -0.15) is 0 Å². The van der Waals surface area contributed by atoms with Gasteiger partial charge in [0.2, 0.25) is 0 Å². The summed E-state index contributed by atoms with van der Waals surface area (Å²) in [6.45, 7) is 6.85. The number of rotatable bonds is 2. The zero-order valence-corrected chi connectivity index (χ0v) is 11.2. The zero-order valence-electron chi connectivity index (χ0n) is 11.2. The van der Waals surface area contributed by atoms with E-state index in [0.717, 1.165) is 37.6 Å². The zero-order chi connectivity index (χ0) is 13.2. The van der Waals surface area contributed by atoms with Crippen LogP contribution in [0.4, 0.5) is 11.4 Å². The van der Waals surface area contributed by atoms with Crippen LogP contribution in [0.2, 0.25) is 0 Å². The van der Waals surface area contributed by atoms with Crippen LogP contribution in [0.15, 0.2) is 18.2 Å². The number of amides is 1. The molecular weight excluding hydrogens is 242 g/mol. The number of hydrogen-bond donors (Lipinski definition) is 1. The molecule has 0 spiro atoms. The first-order valence-electron chi connectivity index (χ1n) is 6.82. The molecule has 0 aromatic heterocycles. The van der Waals surface area contributed by atoms with Gasteiger partial charge in [-0.25, -0.2) is 0 Å². The smallest absolute Gasteiger partial charge is 0.265 e. The molecule has 2 aliphatic heterocycles. The van der Waals surface area contributed by atoms with Gasteiger partial charge in [-0.15, -0.1) is 0 Å². The molecule has 5 nitrogen and oxygen atoms in total. The van der Waals surface area contributed by atoms with Gasteiger partial charge in [0.05, 0.1) is 5.69 Å². The number of nitrogens with zero attached hydrogens (tertiary/aromatic N) is 2. The predicted octanol–water partition coefficient (Wildman–Crippen LogP) is 0.842. The van der Waals surface area contributed by atoms with E-state index in [9.17, 15) is 4.79 Å². The molecule has 0 saturated carbocycles. The molecule has 2 aliphatic rings. The molecule has 1 saturated heterocycles. The van der Waals surface area contributed by atoms with Gasteiger partial charge in [-0.05, 0) is 19.1 Å². The molecular formula is C14H19N3O2. The third-order valence-corrected chi connectivity index (χ3v) is 3.68. The lowest BCUT2D eigenvalue weighted by Gasteiger charge is -2.32. The average Bonchev–Trinajstić information content (AvgIpc) is 2.47. The molecule has 0 unspecified atom stereocenters. The maximum atomic E-state index is 11.8. The van der Waals surface area contributed by atoms with E-state index in [0.29, 0.717) is 6.54 Å². The van der Waals surface area contributed by atoms with E-state index < -0.39 is 0 Å². The molecule has 0 bridgehead atoms. The summed E-state index contributed by atoms with van der Waals surface area (Å²) in [5.74, 6) is 0.849. The molecule has 1 amide bonds. The van der Waals surface area contributed by atoms with Gasteiger partial charge in [0.25, 0.3) is 5.91 Å². The fourth-order valence-electron chi connectivity index (χ4n) is 2.66. The van der Waals surface area contributed by atoms with Gasteiger partial charge in [-0.1, -0.05) is 0 Å². The Morgan fingerprint density at radius 3 is 2.84 bits per heavy atom. The molecule has 3 rings (SSSR count). The highest BCUT2D eigenvalue weighted by Gasteiger charge is 2.25. The second-order valence-electron chi connectivity index (χ2n) is 4.82. The minimum atomic E-state index is 0.0323. The summed E-state index contributed by atoms with van der Waals surface area (Å²) in [5, 5.41) is 3.34. The van der Waals surface area contributed by atoms with Crippen molar-refractivity contribution in [3.8, 4) is 5.75 Å². The number of nitrogens with one attached hydrogen (secondary N) is 1. The largest absolute Gasteiger partial charge is 0.481 e. The summed E-state index contributed by atoms with van der Waals surface area (Å²) >= 11 is 0. The van der Waals surface area contributed by atoms with Crippen LogP contribution < -0.4 is 19.9 Å².